The summed E-state index contributed by atoms with van der Waals surface area (Å²) in [5.74, 6) is 0. The molecule has 1 saturated heterocycles. The van der Waals surface area contributed by atoms with E-state index in [9.17, 15) is 9.90 Å². The van der Waals surface area contributed by atoms with Gasteiger partial charge in [0.05, 0.1) is 11.6 Å². The number of rotatable bonds is 2. The zero-order valence-corrected chi connectivity index (χ0v) is 6.26. The minimum absolute atomic E-state index is 0.0464. The van der Waals surface area contributed by atoms with Crippen LogP contribution >= 0.6 is 0 Å². The first-order valence-corrected chi connectivity index (χ1v) is 3.38. The second-order valence-corrected chi connectivity index (χ2v) is 2.92. The maximum absolute atomic E-state index is 10.6. The molecule has 0 spiro atoms. The molecule has 1 aliphatic heterocycles. The summed E-state index contributed by atoms with van der Waals surface area (Å²) in [5, 5.41) is 12.0. The molecule has 0 aliphatic carbocycles. The first-order chi connectivity index (χ1) is 6.22. The lowest BCUT2D eigenvalue weighted by molar-refractivity contribution is 0.0596. The first-order valence-electron chi connectivity index (χ1n) is 4.88. The van der Waals surface area contributed by atoms with Gasteiger partial charge >= 0.3 is 6.09 Å². The van der Waals surface area contributed by atoms with E-state index in [1.807, 2.05) is 0 Å². The molecule has 1 amide bonds. The smallest absolute Gasteiger partial charge is 0.407 e. The van der Waals surface area contributed by atoms with E-state index in [-0.39, 0.29) is 13.0 Å². The van der Waals surface area contributed by atoms with E-state index < -0.39 is 24.6 Å². The fourth-order valence-corrected chi connectivity index (χ4v) is 1.02. The Kier molecular flexibility index (Phi) is 1.22. The Morgan fingerprint density at radius 1 is 2.09 bits per heavy atom. The van der Waals surface area contributed by atoms with Crippen LogP contribution in [0.4, 0.5) is 4.79 Å². The molecule has 2 N–H and O–H groups in total. The van der Waals surface area contributed by atoms with Crippen LogP contribution in [0.2, 0.25) is 0 Å². The van der Waals surface area contributed by atoms with Crippen molar-refractivity contribution in [1.82, 2.24) is 5.32 Å². The Morgan fingerprint density at radius 3 is 3.27 bits per heavy atom. The lowest BCUT2D eigenvalue weighted by Gasteiger charge is -2.19. The fraction of sp³-hybridized carbons (Fsp3) is 0.857. The van der Waals surface area contributed by atoms with Gasteiger partial charge in [0.25, 0.3) is 0 Å². The molecule has 0 aromatic rings. The predicted octanol–water partition coefficient (Wildman–Crippen LogP) is 0.256. The van der Waals surface area contributed by atoms with E-state index in [0.717, 1.165) is 0 Å². The highest BCUT2D eigenvalue weighted by Gasteiger charge is 2.27. The van der Waals surface area contributed by atoms with Gasteiger partial charge in [-0.15, -0.1) is 0 Å². The zero-order chi connectivity index (χ0) is 11.0. The highest BCUT2D eigenvalue weighted by molar-refractivity contribution is 5.69. The van der Waals surface area contributed by atoms with Crippen molar-refractivity contribution in [2.75, 3.05) is 6.61 Å². The molecule has 1 unspecified atom stereocenters. The highest BCUT2D eigenvalue weighted by atomic mass is 16.6. The SMILES string of the molecule is [2H]C([2H])([2H])C(C)(O)C[C@H]1COC(=O)N1. The van der Waals surface area contributed by atoms with Crippen LogP contribution in [0.15, 0.2) is 0 Å². The second-order valence-electron chi connectivity index (χ2n) is 2.92. The van der Waals surface area contributed by atoms with Crippen LogP contribution in [0.5, 0.6) is 0 Å². The van der Waals surface area contributed by atoms with Crippen molar-refractivity contribution in [3.05, 3.63) is 0 Å². The topological polar surface area (TPSA) is 58.6 Å². The number of aliphatic hydroxyl groups is 1. The van der Waals surface area contributed by atoms with Gasteiger partial charge in [-0.1, -0.05) is 0 Å². The average Bonchev–Trinajstić information content (AvgIpc) is 2.31. The zero-order valence-electron chi connectivity index (χ0n) is 9.26. The molecule has 0 aromatic heterocycles. The minimum atomic E-state index is -2.46. The molecule has 1 fully saturated rings. The summed E-state index contributed by atoms with van der Waals surface area (Å²) < 4.78 is 25.8. The molecular formula is C7H13NO3. The van der Waals surface area contributed by atoms with Crippen LogP contribution in [0.25, 0.3) is 0 Å². The number of carbonyl (C=O) groups is 1. The molecule has 1 aliphatic rings. The van der Waals surface area contributed by atoms with Crippen LogP contribution < -0.4 is 5.32 Å². The van der Waals surface area contributed by atoms with Crippen molar-refractivity contribution in [1.29, 1.82) is 0 Å². The third kappa shape index (κ3) is 2.76. The molecule has 64 valence electrons. The number of nitrogens with one attached hydrogen (secondary N) is 1. The minimum Gasteiger partial charge on any atom is -0.447 e. The Hall–Kier alpha value is -0.770. The number of hydrogen-bond donors (Lipinski definition) is 2. The number of hydrogen-bond acceptors (Lipinski definition) is 3. The van der Waals surface area contributed by atoms with Gasteiger partial charge in [-0.05, 0) is 20.2 Å². The van der Waals surface area contributed by atoms with Gasteiger partial charge in [-0.25, -0.2) is 4.79 Å². The van der Waals surface area contributed by atoms with Crippen LogP contribution in [-0.2, 0) is 4.74 Å². The van der Waals surface area contributed by atoms with E-state index in [0.29, 0.717) is 0 Å². The van der Waals surface area contributed by atoms with Crippen molar-refractivity contribution in [3.63, 3.8) is 0 Å². The molecule has 1 rings (SSSR count). The Labute approximate surface area is 69.8 Å². The van der Waals surface area contributed by atoms with E-state index in [1.54, 1.807) is 0 Å². The summed E-state index contributed by atoms with van der Waals surface area (Å²) >= 11 is 0. The second kappa shape index (κ2) is 2.70. The van der Waals surface area contributed by atoms with Crippen molar-refractivity contribution < 1.29 is 18.8 Å². The van der Waals surface area contributed by atoms with Crippen LogP contribution in [0, 0.1) is 0 Å². The lowest BCUT2D eigenvalue weighted by atomic mass is 10.0. The first kappa shape index (κ1) is 4.98. The number of cyclic esters (lactones) is 1. The Morgan fingerprint density at radius 2 is 2.82 bits per heavy atom. The maximum atomic E-state index is 10.6. The fourth-order valence-electron chi connectivity index (χ4n) is 1.02. The van der Waals surface area contributed by atoms with Crippen molar-refractivity contribution in [2.24, 2.45) is 0 Å². The number of ether oxygens (including phenoxy) is 1. The molecule has 11 heavy (non-hydrogen) atoms. The van der Waals surface area contributed by atoms with Crippen molar-refractivity contribution >= 4 is 6.09 Å². The lowest BCUT2D eigenvalue weighted by Crippen LogP contribution is -2.34. The maximum Gasteiger partial charge on any atom is 0.407 e. The van der Waals surface area contributed by atoms with Crippen LogP contribution in [0.3, 0.4) is 0 Å². The molecule has 0 bridgehead atoms. The van der Waals surface area contributed by atoms with Crippen molar-refractivity contribution in [2.45, 2.75) is 31.8 Å². The van der Waals surface area contributed by atoms with Crippen LogP contribution in [0.1, 0.15) is 24.3 Å². The summed E-state index contributed by atoms with van der Waals surface area (Å²) in [6, 6.07) is -0.432. The normalized spacial score (nSPS) is 34.2. The van der Waals surface area contributed by atoms with Gasteiger partial charge in [0.2, 0.25) is 0 Å². The molecule has 2 atom stereocenters. The predicted molar refractivity (Wildman–Crippen MR) is 39.2 cm³/mol. The van der Waals surface area contributed by atoms with E-state index >= 15 is 0 Å². The van der Waals surface area contributed by atoms with Gasteiger partial charge in [-0.2, -0.15) is 0 Å². The summed E-state index contributed by atoms with van der Waals surface area (Å²) in [4.78, 5) is 10.6. The highest BCUT2D eigenvalue weighted by Crippen LogP contribution is 2.13. The summed E-state index contributed by atoms with van der Waals surface area (Å²) in [6.45, 7) is -1.13. The molecular weight excluding hydrogens is 146 g/mol. The third-order valence-corrected chi connectivity index (χ3v) is 1.38. The van der Waals surface area contributed by atoms with E-state index in [1.165, 1.54) is 6.92 Å². The molecule has 0 radical (unpaired) electrons. The molecule has 4 nitrogen and oxygen atoms in total. The van der Waals surface area contributed by atoms with Gasteiger partial charge in [0.1, 0.15) is 6.61 Å². The number of carbonyl (C=O) groups excluding carboxylic acids is 1. The van der Waals surface area contributed by atoms with Gasteiger partial charge in [-0.3, -0.25) is 0 Å². The van der Waals surface area contributed by atoms with Crippen LogP contribution in [-0.4, -0.2) is 29.4 Å². The number of alkyl carbamates (subject to hydrolysis) is 1. The summed E-state index contributed by atoms with van der Waals surface area (Å²) in [7, 11) is 0. The largest absolute Gasteiger partial charge is 0.447 e. The van der Waals surface area contributed by atoms with E-state index in [2.05, 4.69) is 10.1 Å². The Bertz CT molecular complexity index is 239. The molecule has 4 heteroatoms. The Balaban J connectivity index is 2.55. The molecule has 1 heterocycles. The van der Waals surface area contributed by atoms with Gasteiger partial charge in [0, 0.05) is 4.11 Å². The van der Waals surface area contributed by atoms with Crippen molar-refractivity contribution in [3.8, 4) is 0 Å². The third-order valence-electron chi connectivity index (χ3n) is 1.38. The monoisotopic (exact) mass is 162 g/mol. The molecule has 0 saturated carbocycles. The van der Waals surface area contributed by atoms with E-state index in [4.69, 9.17) is 4.11 Å². The number of amides is 1. The summed E-state index contributed by atoms with van der Waals surface area (Å²) in [5.41, 5.74) is -1.81. The molecule has 0 aromatic carbocycles. The average molecular weight is 162 g/mol. The quantitative estimate of drug-likeness (QED) is 0.612. The standard InChI is InChI=1S/C7H13NO3/c1-7(2,10)3-5-4-11-6(9)8-5/h5,10H,3-4H2,1-2H3,(H,8,9)/t5-/m0/s1/i1D3/t5-,7?. The van der Waals surface area contributed by atoms with Gasteiger partial charge < -0.3 is 15.2 Å². The summed E-state index contributed by atoms with van der Waals surface area (Å²) in [6.07, 6.45) is -0.619. The van der Waals surface area contributed by atoms with Gasteiger partial charge in [0.15, 0.2) is 0 Å².